The quantitative estimate of drug-likeness (QED) is 0.856. The first-order valence-electron chi connectivity index (χ1n) is 8.78. The van der Waals surface area contributed by atoms with E-state index in [1.54, 1.807) is 0 Å². The predicted octanol–water partition coefficient (Wildman–Crippen LogP) is 2.92. The van der Waals surface area contributed by atoms with Crippen LogP contribution in [-0.2, 0) is 9.53 Å². The summed E-state index contributed by atoms with van der Waals surface area (Å²) in [6.07, 6.45) is 4.28. The zero-order valence-electron chi connectivity index (χ0n) is 14.3. The molecule has 0 aromatic carbocycles. The fraction of sp³-hybridized carbons (Fsp3) is 0.824. The van der Waals surface area contributed by atoms with Crippen molar-refractivity contribution < 1.29 is 14.1 Å². The van der Waals surface area contributed by atoms with Crippen molar-refractivity contribution >= 4 is 5.91 Å². The molecule has 1 atom stereocenters. The van der Waals surface area contributed by atoms with Crippen molar-refractivity contribution in [2.24, 2.45) is 11.8 Å². The Morgan fingerprint density at radius 2 is 2.00 bits per heavy atom. The minimum Gasteiger partial charge on any atom is -0.377 e. The van der Waals surface area contributed by atoms with Gasteiger partial charge in [-0.1, -0.05) is 25.9 Å². The largest absolute Gasteiger partial charge is 0.377 e. The van der Waals surface area contributed by atoms with Crippen LogP contribution < -0.4 is 0 Å². The number of amides is 1. The SMILES string of the molecule is CC1CCC(C(=O)N2CCOC[C@@H]2c2noc(C(C)C)n2)CC1. The number of morpholine rings is 1. The van der Waals surface area contributed by atoms with Crippen LogP contribution in [0.5, 0.6) is 0 Å². The van der Waals surface area contributed by atoms with Crippen LogP contribution in [0.3, 0.4) is 0 Å². The van der Waals surface area contributed by atoms with Crippen LogP contribution in [0.4, 0.5) is 0 Å². The molecule has 3 rings (SSSR count). The van der Waals surface area contributed by atoms with Crippen molar-refractivity contribution in [2.75, 3.05) is 19.8 Å². The van der Waals surface area contributed by atoms with Crippen LogP contribution in [0, 0.1) is 11.8 Å². The molecule has 2 aliphatic rings. The lowest BCUT2D eigenvalue weighted by Crippen LogP contribution is -2.46. The summed E-state index contributed by atoms with van der Waals surface area (Å²) >= 11 is 0. The van der Waals surface area contributed by atoms with Gasteiger partial charge in [-0.05, 0) is 31.6 Å². The summed E-state index contributed by atoms with van der Waals surface area (Å²) in [6.45, 7) is 7.94. The maximum Gasteiger partial charge on any atom is 0.229 e. The molecule has 0 radical (unpaired) electrons. The van der Waals surface area contributed by atoms with Gasteiger partial charge in [-0.25, -0.2) is 0 Å². The topological polar surface area (TPSA) is 68.5 Å². The van der Waals surface area contributed by atoms with Gasteiger partial charge in [-0.2, -0.15) is 4.98 Å². The van der Waals surface area contributed by atoms with E-state index < -0.39 is 0 Å². The first kappa shape index (κ1) is 16.4. The summed E-state index contributed by atoms with van der Waals surface area (Å²) in [5.41, 5.74) is 0. The summed E-state index contributed by atoms with van der Waals surface area (Å²) in [4.78, 5) is 19.4. The highest BCUT2D eigenvalue weighted by Crippen LogP contribution is 2.32. The number of carbonyl (C=O) groups is 1. The molecule has 1 aromatic rings. The molecule has 1 amide bonds. The van der Waals surface area contributed by atoms with Crippen LogP contribution in [0.25, 0.3) is 0 Å². The fourth-order valence-corrected chi connectivity index (χ4v) is 3.44. The monoisotopic (exact) mass is 321 g/mol. The number of ether oxygens (including phenoxy) is 1. The number of hydrogen-bond acceptors (Lipinski definition) is 5. The third kappa shape index (κ3) is 3.57. The lowest BCUT2D eigenvalue weighted by molar-refractivity contribution is -0.146. The Bertz CT molecular complexity index is 535. The number of rotatable bonds is 3. The Morgan fingerprint density at radius 3 is 2.65 bits per heavy atom. The van der Waals surface area contributed by atoms with E-state index in [0.29, 0.717) is 31.5 Å². The molecule has 1 aliphatic heterocycles. The normalized spacial score (nSPS) is 29.0. The highest BCUT2D eigenvalue weighted by atomic mass is 16.5. The summed E-state index contributed by atoms with van der Waals surface area (Å²) in [5.74, 6) is 2.50. The van der Waals surface area contributed by atoms with E-state index in [0.717, 1.165) is 31.6 Å². The second-order valence-electron chi connectivity index (χ2n) is 7.22. The van der Waals surface area contributed by atoms with Gasteiger partial charge in [0.1, 0.15) is 6.04 Å². The van der Waals surface area contributed by atoms with Crippen LogP contribution in [0.2, 0.25) is 0 Å². The van der Waals surface area contributed by atoms with Gasteiger partial charge >= 0.3 is 0 Å². The van der Waals surface area contributed by atoms with Crippen LogP contribution in [0.1, 0.15) is 70.1 Å². The second-order valence-corrected chi connectivity index (χ2v) is 7.22. The molecule has 128 valence electrons. The van der Waals surface area contributed by atoms with E-state index in [-0.39, 0.29) is 23.8 Å². The van der Waals surface area contributed by atoms with Crippen LogP contribution in [-0.4, -0.2) is 40.7 Å². The minimum absolute atomic E-state index is 0.142. The van der Waals surface area contributed by atoms with E-state index in [4.69, 9.17) is 9.26 Å². The number of nitrogens with zero attached hydrogens (tertiary/aromatic N) is 3. The average Bonchev–Trinajstić information content (AvgIpc) is 3.05. The molecule has 6 nitrogen and oxygen atoms in total. The zero-order chi connectivity index (χ0) is 16.4. The molecular formula is C17H27N3O3. The second kappa shape index (κ2) is 6.99. The molecule has 0 bridgehead atoms. The first-order valence-corrected chi connectivity index (χ1v) is 8.78. The molecule has 2 fully saturated rings. The van der Waals surface area contributed by atoms with Gasteiger partial charge in [0.15, 0.2) is 5.82 Å². The smallest absolute Gasteiger partial charge is 0.229 e. The Balaban J connectivity index is 1.74. The zero-order valence-corrected chi connectivity index (χ0v) is 14.3. The van der Waals surface area contributed by atoms with E-state index in [2.05, 4.69) is 17.1 Å². The van der Waals surface area contributed by atoms with Crippen LogP contribution in [0.15, 0.2) is 4.52 Å². The highest BCUT2D eigenvalue weighted by Gasteiger charge is 2.36. The minimum atomic E-state index is -0.216. The molecule has 0 N–H and O–H groups in total. The maximum atomic E-state index is 13.0. The highest BCUT2D eigenvalue weighted by molar-refractivity contribution is 5.79. The summed E-state index contributed by atoms with van der Waals surface area (Å²) in [6, 6.07) is -0.216. The Hall–Kier alpha value is -1.43. The molecule has 23 heavy (non-hydrogen) atoms. The van der Waals surface area contributed by atoms with Crippen molar-refractivity contribution in [1.82, 2.24) is 15.0 Å². The van der Waals surface area contributed by atoms with Crippen molar-refractivity contribution in [2.45, 2.75) is 58.4 Å². The summed E-state index contributed by atoms with van der Waals surface area (Å²) < 4.78 is 10.9. The van der Waals surface area contributed by atoms with E-state index in [9.17, 15) is 4.79 Å². The Morgan fingerprint density at radius 1 is 1.26 bits per heavy atom. The van der Waals surface area contributed by atoms with E-state index in [1.807, 2.05) is 18.7 Å². The number of aromatic nitrogens is 2. The van der Waals surface area contributed by atoms with Gasteiger partial charge in [0, 0.05) is 18.4 Å². The molecular weight excluding hydrogens is 294 g/mol. The average molecular weight is 321 g/mol. The van der Waals surface area contributed by atoms with Gasteiger partial charge in [0.25, 0.3) is 0 Å². The van der Waals surface area contributed by atoms with E-state index in [1.165, 1.54) is 0 Å². The van der Waals surface area contributed by atoms with Crippen molar-refractivity contribution in [3.63, 3.8) is 0 Å². The predicted molar refractivity (Wildman–Crippen MR) is 84.8 cm³/mol. The molecule has 0 spiro atoms. The maximum absolute atomic E-state index is 13.0. The molecule has 0 unspecified atom stereocenters. The molecule has 2 heterocycles. The van der Waals surface area contributed by atoms with Crippen molar-refractivity contribution in [1.29, 1.82) is 0 Å². The first-order chi connectivity index (χ1) is 11.1. The van der Waals surface area contributed by atoms with Gasteiger partial charge in [0.2, 0.25) is 11.8 Å². The van der Waals surface area contributed by atoms with E-state index >= 15 is 0 Å². The third-order valence-electron chi connectivity index (χ3n) is 5.03. The van der Waals surface area contributed by atoms with Gasteiger partial charge in [0.05, 0.1) is 13.2 Å². The lowest BCUT2D eigenvalue weighted by atomic mass is 9.82. The van der Waals surface area contributed by atoms with Gasteiger partial charge < -0.3 is 14.2 Å². The molecule has 1 saturated heterocycles. The number of hydrogen-bond donors (Lipinski definition) is 0. The third-order valence-corrected chi connectivity index (χ3v) is 5.03. The molecule has 1 aromatic heterocycles. The van der Waals surface area contributed by atoms with Crippen molar-refractivity contribution in [3.05, 3.63) is 11.7 Å². The fourth-order valence-electron chi connectivity index (χ4n) is 3.44. The Labute approximate surface area is 137 Å². The molecule has 6 heteroatoms. The Kier molecular flexibility index (Phi) is 4.99. The summed E-state index contributed by atoms with van der Waals surface area (Å²) in [7, 11) is 0. The summed E-state index contributed by atoms with van der Waals surface area (Å²) in [5, 5.41) is 4.09. The van der Waals surface area contributed by atoms with Crippen LogP contribution >= 0.6 is 0 Å². The molecule has 1 aliphatic carbocycles. The number of carbonyl (C=O) groups excluding carboxylic acids is 1. The standard InChI is InChI=1S/C17H27N3O3/c1-11(2)16-18-15(19-23-16)14-10-22-9-8-20(14)17(21)13-6-4-12(3)5-7-13/h11-14H,4-10H2,1-3H3/t12?,13?,14-/m1/s1. The van der Waals surface area contributed by atoms with Crippen molar-refractivity contribution in [3.8, 4) is 0 Å². The lowest BCUT2D eigenvalue weighted by Gasteiger charge is -2.37. The molecule has 1 saturated carbocycles. The van der Waals surface area contributed by atoms with Gasteiger partial charge in [-0.15, -0.1) is 0 Å². The van der Waals surface area contributed by atoms with Gasteiger partial charge in [-0.3, -0.25) is 4.79 Å².